The summed E-state index contributed by atoms with van der Waals surface area (Å²) in [5, 5.41) is 0. The maximum Gasteiger partial charge on any atom is 0.163 e. The lowest BCUT2D eigenvalue weighted by Gasteiger charge is -2.06. The summed E-state index contributed by atoms with van der Waals surface area (Å²) in [6.45, 7) is 9.54. The van der Waals surface area contributed by atoms with E-state index in [1.54, 1.807) is 24.8 Å². The van der Waals surface area contributed by atoms with Crippen molar-refractivity contribution in [2.75, 3.05) is 0 Å². The van der Waals surface area contributed by atoms with Crippen molar-refractivity contribution in [1.82, 2.24) is 69.8 Å². The quantitative estimate of drug-likeness (QED) is 0.126. The van der Waals surface area contributed by atoms with Gasteiger partial charge in [0.05, 0.1) is 51.2 Å². The summed E-state index contributed by atoms with van der Waals surface area (Å²) in [5.74, 6) is 5.24. The zero-order valence-electron chi connectivity index (χ0n) is 53.2. The Hall–Kier alpha value is -12.7. The first-order valence-electron chi connectivity index (χ1n) is 30.9. The SMILES string of the molecule is Cc1nc(-c2ccccc2)cc(-c2ccccc2)n1.Cc1nc(-c2ccccc2)cc(-c2ccccn2)n1.Cc1nc(-c2ccccc2)cc(-c2cccnc2)n1.Cc1nc(-c2ccccc2)cc(-c2ccncc2)n1.Cc1nc(-c2ccccc2)nc(-c2ccccc2)n1. The minimum atomic E-state index is 0.715. The van der Waals surface area contributed by atoms with E-state index < -0.39 is 0 Å². The van der Waals surface area contributed by atoms with Crippen LogP contribution in [0.4, 0.5) is 0 Å². The van der Waals surface area contributed by atoms with Gasteiger partial charge >= 0.3 is 0 Å². The number of rotatable bonds is 10. The molecule has 0 fully saturated rings. The molecule has 8 heterocycles. The number of benzene rings is 7. The van der Waals surface area contributed by atoms with E-state index in [0.29, 0.717) is 11.6 Å². The molecule has 0 unspecified atom stereocenters. The molecule has 14 heteroatoms. The fourth-order valence-electron chi connectivity index (χ4n) is 9.95. The highest BCUT2D eigenvalue weighted by atomic mass is 15.0. The van der Waals surface area contributed by atoms with Crippen LogP contribution >= 0.6 is 0 Å². The highest BCUT2D eigenvalue weighted by molar-refractivity contribution is 5.71. The van der Waals surface area contributed by atoms with Crippen LogP contribution in [0, 0.1) is 34.6 Å². The van der Waals surface area contributed by atoms with Crippen LogP contribution in [-0.4, -0.2) is 69.8 Å². The van der Waals surface area contributed by atoms with Gasteiger partial charge in [0.2, 0.25) is 0 Å². The van der Waals surface area contributed by atoms with E-state index in [-0.39, 0.29) is 0 Å². The van der Waals surface area contributed by atoms with Gasteiger partial charge in [0.15, 0.2) is 11.6 Å². The molecule has 0 aliphatic carbocycles. The lowest BCUT2D eigenvalue weighted by atomic mass is 10.1. The Labute approximate surface area is 553 Å². The molecular formula is C81H66N14. The summed E-state index contributed by atoms with van der Waals surface area (Å²) in [4.78, 5) is 61.8. The molecule has 0 bridgehead atoms. The van der Waals surface area contributed by atoms with Crippen LogP contribution in [-0.2, 0) is 0 Å². The predicted octanol–water partition coefficient (Wildman–Crippen LogP) is 18.2. The molecule has 8 aromatic heterocycles. The minimum absolute atomic E-state index is 0.715. The summed E-state index contributed by atoms with van der Waals surface area (Å²) in [5.41, 5.74) is 17.9. The van der Waals surface area contributed by atoms with E-state index in [1.807, 2.05) is 271 Å². The summed E-state index contributed by atoms with van der Waals surface area (Å²) in [6, 6.07) is 92.3. The highest BCUT2D eigenvalue weighted by Crippen LogP contribution is 2.28. The Bertz CT molecular complexity index is 3830. The monoisotopic (exact) mass is 1230 g/mol. The fraction of sp³-hybridized carbons (Fsp3) is 0.0617. The van der Waals surface area contributed by atoms with Crippen molar-refractivity contribution in [3.8, 4) is 113 Å². The molecule has 0 spiro atoms. The zero-order valence-corrected chi connectivity index (χ0v) is 53.2. The van der Waals surface area contributed by atoms with Crippen molar-refractivity contribution in [2.24, 2.45) is 0 Å². The van der Waals surface area contributed by atoms with Crippen molar-refractivity contribution in [3.05, 3.63) is 339 Å². The van der Waals surface area contributed by atoms with E-state index in [2.05, 4.69) is 118 Å². The average Bonchev–Trinajstić information content (AvgIpc) is 1.37. The topological polar surface area (TPSA) is 180 Å². The van der Waals surface area contributed by atoms with Crippen LogP contribution < -0.4 is 0 Å². The number of hydrogen-bond acceptors (Lipinski definition) is 14. The van der Waals surface area contributed by atoms with Gasteiger partial charge in [-0.05, 0) is 95.3 Å². The highest BCUT2D eigenvalue weighted by Gasteiger charge is 2.12. The minimum Gasteiger partial charge on any atom is -0.265 e. The first-order valence-corrected chi connectivity index (χ1v) is 30.9. The first kappa shape index (κ1) is 63.9. The van der Waals surface area contributed by atoms with E-state index in [1.165, 1.54) is 0 Å². The molecule has 15 aromatic rings. The van der Waals surface area contributed by atoms with Crippen LogP contribution in [0.15, 0.2) is 310 Å². The number of aromatic nitrogens is 14. The van der Waals surface area contributed by atoms with Gasteiger partial charge in [0.1, 0.15) is 29.1 Å². The van der Waals surface area contributed by atoms with Gasteiger partial charge in [-0.1, -0.05) is 218 Å². The molecule has 0 saturated carbocycles. The molecule has 95 heavy (non-hydrogen) atoms. The van der Waals surface area contributed by atoms with Crippen molar-refractivity contribution in [3.63, 3.8) is 0 Å². The Morgan fingerprint density at radius 1 is 0.179 bits per heavy atom. The van der Waals surface area contributed by atoms with Gasteiger partial charge in [-0.3, -0.25) is 15.0 Å². The first-order chi connectivity index (χ1) is 46.6. The Morgan fingerprint density at radius 3 is 0.768 bits per heavy atom. The van der Waals surface area contributed by atoms with Crippen LogP contribution in [0.25, 0.3) is 113 Å². The van der Waals surface area contributed by atoms with E-state index in [4.69, 9.17) is 0 Å². The largest absolute Gasteiger partial charge is 0.265 e. The van der Waals surface area contributed by atoms with Crippen molar-refractivity contribution in [2.45, 2.75) is 34.6 Å². The molecule has 0 saturated heterocycles. The van der Waals surface area contributed by atoms with Gasteiger partial charge in [0.25, 0.3) is 0 Å². The lowest BCUT2D eigenvalue weighted by molar-refractivity contribution is 0.992. The number of hydrogen-bond donors (Lipinski definition) is 0. The van der Waals surface area contributed by atoms with Crippen molar-refractivity contribution in [1.29, 1.82) is 0 Å². The molecule has 0 radical (unpaired) electrons. The van der Waals surface area contributed by atoms with Gasteiger partial charge in [-0.2, -0.15) is 0 Å². The van der Waals surface area contributed by atoms with Gasteiger partial charge in [0, 0.05) is 81.1 Å². The van der Waals surface area contributed by atoms with E-state index in [9.17, 15) is 0 Å². The average molecular weight is 1240 g/mol. The second-order valence-corrected chi connectivity index (χ2v) is 21.5. The summed E-state index contributed by atoms with van der Waals surface area (Å²) < 4.78 is 0. The molecule has 7 aromatic carbocycles. The Balaban J connectivity index is 0.000000121. The summed E-state index contributed by atoms with van der Waals surface area (Å²) in [7, 11) is 0. The van der Waals surface area contributed by atoms with Gasteiger partial charge in [-0.25, -0.2) is 54.8 Å². The predicted molar refractivity (Wildman–Crippen MR) is 379 cm³/mol. The number of pyridine rings is 3. The standard InChI is InChI=1S/C17H14N2.4C16H13N3/c1-13-18-16(14-8-4-2-5-9-14)12-17(19-13)15-10-6-3-7-11-15;1-12-17-15(13-8-4-2-5-9-13)19-16(18-12)14-10-6-3-7-11-14;1-12-18-15(13-7-3-2-4-8-13)11-16(19-12)14-9-5-6-10-17-14;1-12-18-15(13-6-3-2-4-7-13)10-16(19-12)14-8-5-9-17-11-14;1-12-18-15(13-5-3-2-4-6-13)11-16(19-12)14-7-9-17-10-8-14/h2-12H,1H3;4*2-11H,1H3. The molecule has 0 atom stereocenters. The summed E-state index contributed by atoms with van der Waals surface area (Å²) in [6.07, 6.45) is 8.89. The fourth-order valence-corrected chi connectivity index (χ4v) is 9.95. The molecule has 0 aliphatic heterocycles. The lowest BCUT2D eigenvalue weighted by Crippen LogP contribution is -1.99. The van der Waals surface area contributed by atoms with Crippen LogP contribution in [0.5, 0.6) is 0 Å². The maximum absolute atomic E-state index is 4.55. The third kappa shape index (κ3) is 18.3. The molecule has 0 amide bonds. The third-order valence-electron chi connectivity index (χ3n) is 14.4. The molecule has 14 nitrogen and oxygen atoms in total. The maximum atomic E-state index is 4.55. The second kappa shape index (κ2) is 32.4. The Morgan fingerprint density at radius 2 is 0.453 bits per heavy atom. The Kier molecular flexibility index (Phi) is 21.8. The van der Waals surface area contributed by atoms with Crippen molar-refractivity contribution >= 4 is 0 Å². The molecule has 0 N–H and O–H groups in total. The second-order valence-electron chi connectivity index (χ2n) is 21.5. The van der Waals surface area contributed by atoms with Gasteiger partial charge < -0.3 is 0 Å². The van der Waals surface area contributed by atoms with Gasteiger partial charge in [-0.15, -0.1) is 0 Å². The van der Waals surface area contributed by atoms with E-state index >= 15 is 0 Å². The molecule has 15 rings (SSSR count). The van der Waals surface area contributed by atoms with E-state index in [0.717, 1.165) is 130 Å². The number of nitrogens with zero attached hydrogens (tertiary/aromatic N) is 14. The van der Waals surface area contributed by atoms with Crippen LogP contribution in [0.2, 0.25) is 0 Å². The normalized spacial score (nSPS) is 10.4. The smallest absolute Gasteiger partial charge is 0.163 e. The van der Waals surface area contributed by atoms with Crippen LogP contribution in [0.1, 0.15) is 29.1 Å². The van der Waals surface area contributed by atoms with Crippen molar-refractivity contribution < 1.29 is 0 Å². The molecular weight excluding hydrogens is 1170 g/mol. The number of aryl methyl sites for hydroxylation is 5. The zero-order chi connectivity index (χ0) is 65.4. The molecule has 0 aliphatic rings. The third-order valence-corrected chi connectivity index (χ3v) is 14.4. The van der Waals surface area contributed by atoms with Crippen LogP contribution in [0.3, 0.4) is 0 Å². The summed E-state index contributed by atoms with van der Waals surface area (Å²) >= 11 is 0. The molecule has 460 valence electrons.